The minimum absolute atomic E-state index is 0.0961. The monoisotopic (exact) mass is 288 g/mol. The van der Waals surface area contributed by atoms with E-state index in [1.54, 1.807) is 6.92 Å². The Hall–Kier alpha value is -1.39. The van der Waals surface area contributed by atoms with Crippen LogP contribution < -0.4 is 0 Å². The number of aliphatic hydroxyl groups is 1. The zero-order chi connectivity index (χ0) is 14.9. The molecular formula is C17H24N2O2. The predicted octanol–water partition coefficient (Wildman–Crippen LogP) is 1.24. The highest BCUT2D eigenvalue weighted by Gasteiger charge is 2.51. The first kappa shape index (κ1) is 14.5. The first-order chi connectivity index (χ1) is 10.2. The van der Waals surface area contributed by atoms with Crippen molar-refractivity contribution in [2.45, 2.75) is 31.2 Å². The van der Waals surface area contributed by atoms with Crippen LogP contribution in [0.3, 0.4) is 0 Å². The molecule has 0 aliphatic carbocycles. The lowest BCUT2D eigenvalue weighted by Crippen LogP contribution is -2.56. The fourth-order valence-electron chi connectivity index (χ4n) is 4.17. The molecule has 0 saturated carbocycles. The van der Waals surface area contributed by atoms with E-state index < -0.39 is 0 Å². The van der Waals surface area contributed by atoms with E-state index >= 15 is 0 Å². The Morgan fingerprint density at radius 3 is 2.67 bits per heavy atom. The van der Waals surface area contributed by atoms with Gasteiger partial charge in [0, 0.05) is 32.0 Å². The number of hydrogen-bond donors (Lipinski definition) is 1. The van der Waals surface area contributed by atoms with Crippen LogP contribution in [-0.2, 0) is 10.2 Å². The van der Waals surface area contributed by atoms with Crippen molar-refractivity contribution in [3.05, 3.63) is 35.9 Å². The van der Waals surface area contributed by atoms with E-state index in [0.717, 1.165) is 32.5 Å². The molecule has 0 radical (unpaired) electrons. The predicted molar refractivity (Wildman–Crippen MR) is 82.1 cm³/mol. The molecule has 4 heteroatoms. The quantitative estimate of drug-likeness (QED) is 0.910. The molecule has 1 aromatic rings. The summed E-state index contributed by atoms with van der Waals surface area (Å²) in [5.74, 6) is 0.170. The van der Waals surface area contributed by atoms with Gasteiger partial charge in [0.2, 0.25) is 5.91 Å². The van der Waals surface area contributed by atoms with Crippen molar-refractivity contribution in [2.24, 2.45) is 0 Å². The van der Waals surface area contributed by atoms with E-state index in [0.29, 0.717) is 6.54 Å². The van der Waals surface area contributed by atoms with E-state index in [4.69, 9.17) is 0 Å². The number of fused-ring (bicyclic) bond motifs is 1. The first-order valence-electron chi connectivity index (χ1n) is 7.83. The Bertz CT molecular complexity index is 505. The van der Waals surface area contributed by atoms with Crippen molar-refractivity contribution < 1.29 is 9.90 Å². The molecule has 21 heavy (non-hydrogen) atoms. The minimum atomic E-state index is 0.0961. The third-order valence-corrected chi connectivity index (χ3v) is 5.29. The summed E-state index contributed by atoms with van der Waals surface area (Å²) in [5, 5.41) is 9.19. The molecule has 2 fully saturated rings. The highest BCUT2D eigenvalue weighted by atomic mass is 16.3. The van der Waals surface area contributed by atoms with Crippen molar-refractivity contribution in [1.82, 2.24) is 9.80 Å². The molecule has 2 saturated heterocycles. The fourth-order valence-corrected chi connectivity index (χ4v) is 4.17. The van der Waals surface area contributed by atoms with Gasteiger partial charge in [0.15, 0.2) is 0 Å². The fraction of sp³-hybridized carbons (Fsp3) is 0.588. The van der Waals surface area contributed by atoms with Gasteiger partial charge in [0.05, 0.1) is 12.6 Å². The summed E-state index contributed by atoms with van der Waals surface area (Å²) >= 11 is 0. The van der Waals surface area contributed by atoms with Crippen LogP contribution in [0.25, 0.3) is 0 Å². The topological polar surface area (TPSA) is 43.8 Å². The van der Waals surface area contributed by atoms with Gasteiger partial charge in [-0.3, -0.25) is 9.69 Å². The van der Waals surface area contributed by atoms with Gasteiger partial charge in [0.25, 0.3) is 0 Å². The van der Waals surface area contributed by atoms with Crippen LogP contribution in [0.5, 0.6) is 0 Å². The number of carbonyl (C=O) groups is 1. The summed E-state index contributed by atoms with van der Waals surface area (Å²) in [5.41, 5.74) is 1.46. The van der Waals surface area contributed by atoms with Crippen molar-refractivity contribution in [1.29, 1.82) is 0 Å². The number of benzene rings is 1. The van der Waals surface area contributed by atoms with Crippen molar-refractivity contribution in [3.8, 4) is 0 Å². The number of nitrogens with zero attached hydrogens (tertiary/aromatic N) is 2. The molecular weight excluding hydrogens is 264 g/mol. The van der Waals surface area contributed by atoms with Crippen LogP contribution in [0.2, 0.25) is 0 Å². The van der Waals surface area contributed by atoms with Crippen LogP contribution in [-0.4, -0.2) is 59.6 Å². The van der Waals surface area contributed by atoms with Gasteiger partial charge in [-0.25, -0.2) is 0 Å². The summed E-state index contributed by atoms with van der Waals surface area (Å²) < 4.78 is 0. The maximum Gasteiger partial charge on any atom is 0.219 e. The van der Waals surface area contributed by atoms with Crippen LogP contribution in [0.15, 0.2) is 30.3 Å². The minimum Gasteiger partial charge on any atom is -0.395 e. The molecule has 114 valence electrons. The van der Waals surface area contributed by atoms with Gasteiger partial charge in [-0.2, -0.15) is 0 Å². The van der Waals surface area contributed by atoms with E-state index in [1.807, 2.05) is 11.0 Å². The largest absolute Gasteiger partial charge is 0.395 e. The second-order valence-corrected chi connectivity index (χ2v) is 6.27. The van der Waals surface area contributed by atoms with Crippen LogP contribution in [0.1, 0.15) is 25.3 Å². The zero-order valence-corrected chi connectivity index (χ0v) is 12.7. The lowest BCUT2D eigenvalue weighted by Gasteiger charge is -2.46. The lowest BCUT2D eigenvalue weighted by molar-refractivity contribution is -0.131. The number of rotatable bonds is 3. The van der Waals surface area contributed by atoms with E-state index in [9.17, 15) is 9.90 Å². The first-order valence-corrected chi connectivity index (χ1v) is 7.83. The summed E-state index contributed by atoms with van der Waals surface area (Å²) in [6.07, 6.45) is 2.11. The van der Waals surface area contributed by atoms with Gasteiger partial charge in [-0.05, 0) is 24.9 Å². The molecule has 0 bridgehead atoms. The number of amides is 1. The number of hydrogen-bond acceptors (Lipinski definition) is 3. The van der Waals surface area contributed by atoms with Crippen molar-refractivity contribution in [3.63, 3.8) is 0 Å². The van der Waals surface area contributed by atoms with Gasteiger partial charge >= 0.3 is 0 Å². The van der Waals surface area contributed by atoms with Gasteiger partial charge in [0.1, 0.15) is 0 Å². The summed E-state index contributed by atoms with van der Waals surface area (Å²) in [6, 6.07) is 10.9. The third kappa shape index (κ3) is 2.47. The van der Waals surface area contributed by atoms with Crippen LogP contribution in [0, 0.1) is 0 Å². The van der Waals surface area contributed by atoms with Crippen LogP contribution >= 0.6 is 0 Å². The number of piperidine rings is 1. The molecule has 0 unspecified atom stereocenters. The maximum absolute atomic E-state index is 12.0. The Labute approximate surface area is 126 Å². The zero-order valence-electron chi connectivity index (χ0n) is 12.7. The van der Waals surface area contributed by atoms with E-state index in [2.05, 4.69) is 29.2 Å². The molecule has 2 aliphatic rings. The molecule has 0 aromatic heterocycles. The standard InChI is InChI=1S/C17H24N2O2/c1-14(21)19-10-8-17(15-5-3-2-4-6-15)7-9-18(11-12-20)13-16(17)19/h2-6,16,20H,7-13H2,1H3/t16-,17-/m1/s1. The highest BCUT2D eigenvalue weighted by Crippen LogP contribution is 2.45. The molecule has 0 spiro atoms. The highest BCUT2D eigenvalue weighted by molar-refractivity contribution is 5.74. The molecule has 1 N–H and O–H groups in total. The Kier molecular flexibility index (Phi) is 4.00. The van der Waals surface area contributed by atoms with Gasteiger partial charge in [-0.15, -0.1) is 0 Å². The summed E-state index contributed by atoms with van der Waals surface area (Å²) in [4.78, 5) is 16.3. The van der Waals surface area contributed by atoms with E-state index in [1.165, 1.54) is 5.56 Å². The molecule has 2 atom stereocenters. The molecule has 4 nitrogen and oxygen atoms in total. The smallest absolute Gasteiger partial charge is 0.219 e. The summed E-state index contributed by atoms with van der Waals surface area (Å²) in [6.45, 7) is 5.28. The molecule has 1 aromatic carbocycles. The molecule has 3 rings (SSSR count). The third-order valence-electron chi connectivity index (χ3n) is 5.29. The number of aliphatic hydroxyl groups excluding tert-OH is 1. The molecule has 2 heterocycles. The van der Waals surface area contributed by atoms with Gasteiger partial charge in [-0.1, -0.05) is 30.3 Å². The average molecular weight is 288 g/mol. The Morgan fingerprint density at radius 1 is 1.29 bits per heavy atom. The molecule has 2 aliphatic heterocycles. The van der Waals surface area contributed by atoms with Crippen molar-refractivity contribution in [2.75, 3.05) is 32.8 Å². The molecule has 1 amide bonds. The second-order valence-electron chi connectivity index (χ2n) is 6.27. The number of β-amino-alcohol motifs (C(OH)–C–C–N with tert-alkyl or cyclic N) is 1. The maximum atomic E-state index is 12.0. The number of likely N-dealkylation sites (tertiary alicyclic amines) is 2. The SMILES string of the molecule is CC(=O)N1CC[C@@]2(c3ccccc3)CCN(CCO)C[C@@H]12. The normalized spacial score (nSPS) is 29.4. The van der Waals surface area contributed by atoms with Gasteiger partial charge < -0.3 is 10.0 Å². The van der Waals surface area contributed by atoms with E-state index in [-0.39, 0.29) is 24.0 Å². The number of carbonyl (C=O) groups excluding carboxylic acids is 1. The second kappa shape index (κ2) is 5.78. The average Bonchev–Trinajstić information content (AvgIpc) is 2.89. The lowest BCUT2D eigenvalue weighted by atomic mass is 9.69. The summed E-state index contributed by atoms with van der Waals surface area (Å²) in [7, 11) is 0. The van der Waals surface area contributed by atoms with Crippen LogP contribution in [0.4, 0.5) is 0 Å². The Morgan fingerprint density at radius 2 is 2.00 bits per heavy atom. The van der Waals surface area contributed by atoms with Crippen molar-refractivity contribution >= 4 is 5.91 Å². The Balaban J connectivity index is 1.93.